The highest BCUT2D eigenvalue weighted by atomic mass is 16.2. The lowest BCUT2D eigenvalue weighted by molar-refractivity contribution is -0.161. The summed E-state index contributed by atoms with van der Waals surface area (Å²) in [6.45, 7) is 8.68. The molecule has 0 radical (unpaired) electrons. The van der Waals surface area contributed by atoms with Gasteiger partial charge >= 0.3 is 0 Å². The van der Waals surface area contributed by atoms with Gasteiger partial charge in [0.2, 0.25) is 5.91 Å². The highest BCUT2D eigenvalue weighted by Gasteiger charge is 2.56. The van der Waals surface area contributed by atoms with Crippen LogP contribution in [0.15, 0.2) is 0 Å². The van der Waals surface area contributed by atoms with Gasteiger partial charge < -0.3 is 9.80 Å². The molecule has 4 aliphatic carbocycles. The molecule has 0 aromatic rings. The third-order valence-electron chi connectivity index (χ3n) is 7.69. The summed E-state index contributed by atoms with van der Waals surface area (Å²) in [6.07, 6.45) is 7.83. The van der Waals surface area contributed by atoms with E-state index in [1.165, 1.54) is 38.5 Å². The summed E-state index contributed by atoms with van der Waals surface area (Å²) in [4.78, 5) is 20.7. The Morgan fingerprint density at radius 3 is 1.88 bits per heavy atom. The van der Waals surface area contributed by atoms with E-state index in [-0.39, 0.29) is 5.41 Å². The molecule has 4 bridgehead atoms. The van der Waals surface area contributed by atoms with Crippen LogP contribution < -0.4 is 0 Å². The van der Waals surface area contributed by atoms with Crippen LogP contribution in [0.25, 0.3) is 0 Å². The molecule has 1 heterocycles. The number of hydrogen-bond donors (Lipinski definition) is 0. The number of piperazine rings is 1. The molecule has 5 aliphatic rings. The molecule has 1 saturated heterocycles. The Hall–Kier alpha value is -0.610. The van der Waals surface area contributed by atoms with Crippen molar-refractivity contribution in [3.8, 4) is 0 Å². The minimum absolute atomic E-state index is 0.0278. The van der Waals surface area contributed by atoms with Crippen molar-refractivity contribution in [1.82, 2.24) is 14.7 Å². The van der Waals surface area contributed by atoms with E-state index in [4.69, 9.17) is 0 Å². The molecule has 25 heavy (non-hydrogen) atoms. The first kappa shape index (κ1) is 17.8. The van der Waals surface area contributed by atoms with Crippen molar-refractivity contribution >= 4 is 5.91 Å². The van der Waals surface area contributed by atoms with E-state index in [0.29, 0.717) is 18.0 Å². The van der Waals surface area contributed by atoms with Gasteiger partial charge in [-0.3, -0.25) is 9.69 Å². The van der Waals surface area contributed by atoms with Crippen molar-refractivity contribution in [1.29, 1.82) is 0 Å². The van der Waals surface area contributed by atoms with Crippen LogP contribution in [0.3, 0.4) is 0 Å². The van der Waals surface area contributed by atoms with Crippen molar-refractivity contribution in [2.24, 2.45) is 23.2 Å². The number of nitrogens with zero attached hydrogens (tertiary/aromatic N) is 3. The fourth-order valence-electron chi connectivity index (χ4n) is 6.99. The molecule has 0 N–H and O–H groups in total. The average Bonchev–Trinajstić information content (AvgIpc) is 2.51. The SMILES string of the molecule is CC1CN(C(=O)C23CC4CC(CC(C4)C2)C3)CC(C)N1CCN(C)C. The first-order valence-corrected chi connectivity index (χ1v) is 10.6. The fraction of sp³-hybridized carbons (Fsp3) is 0.952. The van der Waals surface area contributed by atoms with Crippen LogP contribution in [0, 0.1) is 23.2 Å². The number of carbonyl (C=O) groups excluding carboxylic acids is 1. The zero-order valence-electron chi connectivity index (χ0n) is 16.7. The summed E-state index contributed by atoms with van der Waals surface area (Å²) in [7, 11) is 4.28. The van der Waals surface area contributed by atoms with Gasteiger partial charge in [0, 0.05) is 38.3 Å². The fourth-order valence-corrected chi connectivity index (χ4v) is 6.99. The lowest BCUT2D eigenvalue weighted by atomic mass is 9.49. The maximum absolute atomic E-state index is 13.6. The minimum Gasteiger partial charge on any atom is -0.339 e. The third-order valence-corrected chi connectivity index (χ3v) is 7.69. The van der Waals surface area contributed by atoms with Crippen LogP contribution in [-0.4, -0.2) is 73.0 Å². The molecule has 0 spiro atoms. The van der Waals surface area contributed by atoms with Gasteiger partial charge in [-0.2, -0.15) is 0 Å². The Kier molecular flexibility index (Phi) is 4.64. The van der Waals surface area contributed by atoms with E-state index < -0.39 is 0 Å². The van der Waals surface area contributed by atoms with E-state index in [1.807, 2.05) is 0 Å². The quantitative estimate of drug-likeness (QED) is 0.782. The van der Waals surface area contributed by atoms with Gasteiger partial charge in [0.15, 0.2) is 0 Å². The van der Waals surface area contributed by atoms with Crippen LogP contribution in [0.2, 0.25) is 0 Å². The van der Waals surface area contributed by atoms with Crippen LogP contribution in [-0.2, 0) is 4.79 Å². The van der Waals surface area contributed by atoms with E-state index >= 15 is 0 Å². The molecule has 4 saturated carbocycles. The molecule has 4 nitrogen and oxygen atoms in total. The number of rotatable bonds is 4. The van der Waals surface area contributed by atoms with Gasteiger partial charge in [-0.15, -0.1) is 0 Å². The topological polar surface area (TPSA) is 26.8 Å². The zero-order valence-corrected chi connectivity index (χ0v) is 16.7. The largest absolute Gasteiger partial charge is 0.339 e. The zero-order chi connectivity index (χ0) is 17.8. The average molecular weight is 348 g/mol. The van der Waals surface area contributed by atoms with E-state index in [9.17, 15) is 4.79 Å². The molecule has 1 aliphatic heterocycles. The van der Waals surface area contributed by atoms with Crippen LogP contribution in [0.5, 0.6) is 0 Å². The summed E-state index contributed by atoms with van der Waals surface area (Å²) in [5, 5.41) is 0. The monoisotopic (exact) mass is 347 g/mol. The molecule has 0 aromatic carbocycles. The van der Waals surface area contributed by atoms with Crippen LogP contribution in [0.1, 0.15) is 52.4 Å². The first-order chi connectivity index (χ1) is 11.9. The van der Waals surface area contributed by atoms with Crippen molar-refractivity contribution in [3.05, 3.63) is 0 Å². The summed E-state index contributed by atoms with van der Waals surface area (Å²) in [5.74, 6) is 3.09. The van der Waals surface area contributed by atoms with Gasteiger partial charge in [0.05, 0.1) is 5.41 Å². The van der Waals surface area contributed by atoms with Gasteiger partial charge in [0.1, 0.15) is 0 Å². The molecule has 4 heteroatoms. The van der Waals surface area contributed by atoms with Crippen molar-refractivity contribution in [2.75, 3.05) is 40.3 Å². The lowest BCUT2D eigenvalue weighted by Crippen LogP contribution is -2.63. The summed E-state index contributed by atoms with van der Waals surface area (Å²) in [5.41, 5.74) is 0.0278. The lowest BCUT2D eigenvalue weighted by Gasteiger charge is -2.57. The Labute approximate surface area is 153 Å². The Morgan fingerprint density at radius 2 is 1.44 bits per heavy atom. The van der Waals surface area contributed by atoms with Crippen molar-refractivity contribution in [3.63, 3.8) is 0 Å². The molecule has 2 atom stereocenters. The Balaban J connectivity index is 1.43. The maximum atomic E-state index is 13.6. The molecular formula is C21H37N3O. The predicted octanol–water partition coefficient (Wildman–Crippen LogP) is 2.69. The van der Waals surface area contributed by atoms with Gasteiger partial charge in [-0.1, -0.05) is 0 Å². The highest BCUT2D eigenvalue weighted by molar-refractivity contribution is 5.83. The molecule has 142 valence electrons. The standard InChI is InChI=1S/C21H37N3O/c1-15-13-23(14-16(2)24(15)6-5-22(3)4)20(25)21-10-17-7-18(11-21)9-19(8-17)12-21/h15-19H,5-14H2,1-4H3. The van der Waals surface area contributed by atoms with Crippen LogP contribution >= 0.6 is 0 Å². The molecule has 1 amide bonds. The Bertz CT molecular complexity index is 470. The number of carbonyl (C=O) groups is 1. The smallest absolute Gasteiger partial charge is 0.228 e. The second-order valence-corrected chi connectivity index (χ2v) is 10.1. The second-order valence-electron chi connectivity index (χ2n) is 10.1. The molecule has 5 rings (SSSR count). The van der Waals surface area contributed by atoms with Crippen molar-refractivity contribution in [2.45, 2.75) is 64.5 Å². The van der Waals surface area contributed by atoms with Gasteiger partial charge in [-0.25, -0.2) is 0 Å². The normalized spacial score (nSPS) is 43.9. The molecule has 2 unspecified atom stereocenters. The number of amides is 1. The van der Waals surface area contributed by atoms with E-state index in [2.05, 4.69) is 42.6 Å². The second kappa shape index (κ2) is 6.53. The minimum atomic E-state index is 0.0278. The summed E-state index contributed by atoms with van der Waals surface area (Å²) < 4.78 is 0. The van der Waals surface area contributed by atoms with E-state index in [1.54, 1.807) is 0 Å². The first-order valence-electron chi connectivity index (χ1n) is 10.6. The van der Waals surface area contributed by atoms with Crippen molar-refractivity contribution < 1.29 is 4.79 Å². The third kappa shape index (κ3) is 3.25. The molecule has 5 fully saturated rings. The summed E-state index contributed by atoms with van der Waals surface area (Å²) in [6, 6.07) is 0.947. The van der Waals surface area contributed by atoms with Crippen LogP contribution in [0.4, 0.5) is 0 Å². The summed E-state index contributed by atoms with van der Waals surface area (Å²) >= 11 is 0. The predicted molar refractivity (Wildman–Crippen MR) is 101 cm³/mol. The molecular weight excluding hydrogens is 310 g/mol. The van der Waals surface area contributed by atoms with Gasteiger partial charge in [0.25, 0.3) is 0 Å². The van der Waals surface area contributed by atoms with Gasteiger partial charge in [-0.05, 0) is 84.2 Å². The van der Waals surface area contributed by atoms with E-state index in [0.717, 1.165) is 43.9 Å². The molecule has 0 aromatic heterocycles. The number of hydrogen-bond acceptors (Lipinski definition) is 3. The number of likely N-dealkylation sites (N-methyl/N-ethyl adjacent to an activating group) is 1. The Morgan fingerprint density at radius 1 is 0.960 bits per heavy atom. The maximum Gasteiger partial charge on any atom is 0.228 e. The highest BCUT2D eigenvalue weighted by Crippen LogP contribution is 2.60.